The molecule has 6 nitrogen and oxygen atoms in total. The zero-order valence-electron chi connectivity index (χ0n) is 13.3. The molecule has 0 saturated carbocycles. The number of aromatic hydroxyl groups is 1. The Morgan fingerprint density at radius 1 is 1.36 bits per heavy atom. The Kier molecular flexibility index (Phi) is 4.60. The van der Waals surface area contributed by atoms with Gasteiger partial charge in [-0.1, -0.05) is 29.3 Å². The molecule has 8 heteroatoms. The third-order valence-electron chi connectivity index (χ3n) is 4.02. The molecule has 2 aromatic heterocycles. The molecule has 25 heavy (non-hydrogen) atoms. The van der Waals surface area contributed by atoms with Crippen LogP contribution in [-0.2, 0) is 17.9 Å². The molecular weight excluding hydrogens is 365 g/mol. The minimum absolute atomic E-state index is 0.213. The van der Waals surface area contributed by atoms with Crippen LogP contribution in [0, 0.1) is 6.92 Å². The topological polar surface area (TPSA) is 101 Å². The van der Waals surface area contributed by atoms with E-state index in [2.05, 4.69) is 4.98 Å². The fraction of sp³-hybridized carbons (Fsp3) is 0.176. The molecule has 0 bridgehead atoms. The number of carboxylic acids is 1. The van der Waals surface area contributed by atoms with Crippen LogP contribution in [-0.4, -0.2) is 25.7 Å². The Bertz CT molecular complexity index is 999. The molecule has 0 saturated heterocycles. The summed E-state index contributed by atoms with van der Waals surface area (Å²) in [7, 11) is 0. The maximum Gasteiger partial charge on any atom is 0.323 e. The van der Waals surface area contributed by atoms with E-state index in [4.69, 9.17) is 34.0 Å². The molecule has 0 unspecified atom stereocenters. The van der Waals surface area contributed by atoms with Crippen molar-refractivity contribution in [1.82, 2.24) is 9.55 Å². The van der Waals surface area contributed by atoms with E-state index in [1.165, 1.54) is 4.57 Å². The van der Waals surface area contributed by atoms with Gasteiger partial charge in [-0.15, -0.1) is 0 Å². The van der Waals surface area contributed by atoms with Crippen molar-refractivity contribution >= 4 is 40.1 Å². The first kappa shape index (κ1) is 17.5. The van der Waals surface area contributed by atoms with E-state index in [0.717, 1.165) is 5.56 Å². The lowest BCUT2D eigenvalue weighted by Gasteiger charge is -2.14. The normalized spacial score (nSPS) is 11.2. The number of nitrogens with two attached hydrogens (primary N) is 1. The van der Waals surface area contributed by atoms with E-state index in [9.17, 15) is 9.90 Å². The highest BCUT2D eigenvalue weighted by Gasteiger charge is 2.21. The highest BCUT2D eigenvalue weighted by Crippen LogP contribution is 2.40. The number of aromatic nitrogens is 2. The smallest absolute Gasteiger partial charge is 0.323 e. The van der Waals surface area contributed by atoms with Crippen LogP contribution in [0.25, 0.3) is 22.0 Å². The summed E-state index contributed by atoms with van der Waals surface area (Å²) in [6, 6.07) is 5.09. The summed E-state index contributed by atoms with van der Waals surface area (Å²) in [6.45, 7) is 1.61. The van der Waals surface area contributed by atoms with Crippen molar-refractivity contribution in [2.45, 2.75) is 20.0 Å². The third-order valence-corrected chi connectivity index (χ3v) is 4.57. The number of fused-ring (bicyclic) bond motifs is 1. The van der Waals surface area contributed by atoms with E-state index in [0.29, 0.717) is 37.8 Å². The molecule has 0 atom stereocenters. The van der Waals surface area contributed by atoms with Gasteiger partial charge in [0.1, 0.15) is 12.1 Å². The van der Waals surface area contributed by atoms with Crippen LogP contribution in [0.4, 0.5) is 0 Å². The van der Waals surface area contributed by atoms with Crippen molar-refractivity contribution in [2.75, 3.05) is 0 Å². The molecule has 3 aromatic rings. The second-order valence-corrected chi connectivity index (χ2v) is 6.46. The molecule has 3 rings (SSSR count). The number of hydrogen-bond donors (Lipinski definition) is 3. The summed E-state index contributed by atoms with van der Waals surface area (Å²) in [5.41, 5.74) is 9.03. The minimum atomic E-state index is -1.07. The Hall–Kier alpha value is -2.28. The lowest BCUT2D eigenvalue weighted by Crippen LogP contribution is -2.06. The molecular formula is C17H15Cl2N3O3. The largest absolute Gasteiger partial charge is 0.493 e. The molecule has 0 fully saturated rings. The van der Waals surface area contributed by atoms with E-state index in [1.807, 2.05) is 0 Å². The molecule has 130 valence electrons. The van der Waals surface area contributed by atoms with Crippen molar-refractivity contribution in [3.8, 4) is 17.0 Å². The summed E-state index contributed by atoms with van der Waals surface area (Å²) >= 11 is 12.4. The summed E-state index contributed by atoms with van der Waals surface area (Å²) in [5, 5.41) is 20.9. The van der Waals surface area contributed by atoms with E-state index in [-0.39, 0.29) is 19.0 Å². The lowest BCUT2D eigenvalue weighted by molar-refractivity contribution is -0.137. The number of aryl methyl sites for hydroxylation is 1. The van der Waals surface area contributed by atoms with Gasteiger partial charge in [-0.25, -0.2) is 4.98 Å². The maximum atomic E-state index is 11.0. The van der Waals surface area contributed by atoms with Crippen LogP contribution in [0.2, 0.25) is 10.0 Å². The number of hydrogen-bond acceptors (Lipinski definition) is 4. The number of aliphatic carboxylic acids is 1. The lowest BCUT2D eigenvalue weighted by atomic mass is 9.96. The van der Waals surface area contributed by atoms with Gasteiger partial charge in [0.2, 0.25) is 5.88 Å². The van der Waals surface area contributed by atoms with Crippen molar-refractivity contribution in [3.05, 3.63) is 45.7 Å². The van der Waals surface area contributed by atoms with Gasteiger partial charge in [-0.3, -0.25) is 4.79 Å². The third kappa shape index (κ3) is 3.04. The fourth-order valence-corrected chi connectivity index (χ4v) is 3.43. The highest BCUT2D eigenvalue weighted by atomic mass is 35.5. The predicted molar refractivity (Wildman–Crippen MR) is 97.1 cm³/mol. The zero-order valence-corrected chi connectivity index (χ0v) is 14.8. The molecule has 4 N–H and O–H groups in total. The van der Waals surface area contributed by atoms with Crippen LogP contribution in [0.15, 0.2) is 24.4 Å². The second-order valence-electron chi connectivity index (χ2n) is 5.62. The minimum Gasteiger partial charge on any atom is -0.493 e. The number of rotatable bonds is 4. The van der Waals surface area contributed by atoms with Crippen molar-refractivity contribution in [2.24, 2.45) is 5.73 Å². The SMILES string of the molecule is Cc1nc2c(O)n(CC(=O)O)cc2c(-c2ccc(Cl)cc2Cl)c1CN. The van der Waals surface area contributed by atoms with Gasteiger partial charge in [-0.2, -0.15) is 0 Å². The average Bonchev–Trinajstić information content (AvgIpc) is 2.82. The summed E-state index contributed by atoms with van der Waals surface area (Å²) in [5.74, 6) is -1.28. The van der Waals surface area contributed by atoms with E-state index < -0.39 is 5.97 Å². The average molecular weight is 380 g/mol. The van der Waals surface area contributed by atoms with Crippen LogP contribution in [0.3, 0.4) is 0 Å². The Labute approximate surface area is 153 Å². The standard InChI is InChI=1S/C17H15Cl2N3O3/c1-8-11(5-20)15(10-3-2-9(18)4-13(10)19)12-6-22(7-14(23)24)17(25)16(12)21-8/h2-4,6,25H,5,7,20H2,1H3,(H,23,24). The fourth-order valence-electron chi connectivity index (χ4n) is 2.92. The van der Waals surface area contributed by atoms with Crippen LogP contribution >= 0.6 is 23.2 Å². The number of nitrogens with zero attached hydrogens (tertiary/aromatic N) is 2. The second kappa shape index (κ2) is 6.55. The quantitative estimate of drug-likeness (QED) is 0.642. The highest BCUT2D eigenvalue weighted by molar-refractivity contribution is 6.36. The molecule has 0 aliphatic heterocycles. The van der Waals surface area contributed by atoms with Gasteiger partial charge >= 0.3 is 5.97 Å². The van der Waals surface area contributed by atoms with Crippen molar-refractivity contribution in [1.29, 1.82) is 0 Å². The maximum absolute atomic E-state index is 11.0. The van der Waals surface area contributed by atoms with Crippen molar-refractivity contribution in [3.63, 3.8) is 0 Å². The van der Waals surface area contributed by atoms with Gasteiger partial charge in [0.05, 0.1) is 0 Å². The molecule has 0 amide bonds. The Morgan fingerprint density at radius 3 is 2.68 bits per heavy atom. The molecule has 0 aliphatic rings. The molecule has 0 aliphatic carbocycles. The number of carboxylic acid groups (broad SMARTS) is 1. The van der Waals surface area contributed by atoms with Gasteiger partial charge in [0.25, 0.3) is 0 Å². The molecule has 1 aromatic carbocycles. The molecule has 2 heterocycles. The first-order valence-electron chi connectivity index (χ1n) is 7.42. The number of benzene rings is 1. The molecule has 0 spiro atoms. The summed E-state index contributed by atoms with van der Waals surface area (Å²) in [6.07, 6.45) is 1.55. The summed E-state index contributed by atoms with van der Waals surface area (Å²) in [4.78, 5) is 15.4. The number of halogens is 2. The Balaban J connectivity index is 2.40. The van der Waals surface area contributed by atoms with Crippen LogP contribution < -0.4 is 5.73 Å². The molecule has 0 radical (unpaired) electrons. The zero-order chi connectivity index (χ0) is 18.3. The monoisotopic (exact) mass is 379 g/mol. The predicted octanol–water partition coefficient (Wildman–Crippen LogP) is 3.57. The van der Waals surface area contributed by atoms with Crippen LogP contribution in [0.5, 0.6) is 5.88 Å². The van der Waals surface area contributed by atoms with Gasteiger partial charge in [0, 0.05) is 45.0 Å². The van der Waals surface area contributed by atoms with Gasteiger partial charge in [0.15, 0.2) is 0 Å². The van der Waals surface area contributed by atoms with Crippen molar-refractivity contribution < 1.29 is 15.0 Å². The van der Waals surface area contributed by atoms with Gasteiger partial charge < -0.3 is 20.5 Å². The van der Waals surface area contributed by atoms with E-state index in [1.54, 1.807) is 31.3 Å². The van der Waals surface area contributed by atoms with Gasteiger partial charge in [-0.05, 0) is 24.6 Å². The van der Waals surface area contributed by atoms with E-state index >= 15 is 0 Å². The summed E-state index contributed by atoms with van der Waals surface area (Å²) < 4.78 is 1.23. The Morgan fingerprint density at radius 2 is 2.08 bits per heavy atom. The number of carbonyl (C=O) groups is 1. The first-order valence-corrected chi connectivity index (χ1v) is 8.17. The first-order chi connectivity index (χ1) is 11.8. The van der Waals surface area contributed by atoms with Crippen LogP contribution in [0.1, 0.15) is 11.3 Å². The number of pyridine rings is 1.